The van der Waals surface area contributed by atoms with Gasteiger partial charge in [-0.2, -0.15) is 0 Å². The quantitative estimate of drug-likeness (QED) is 0.745. The number of carbonyl (C=O) groups excluding carboxylic acids is 3. The van der Waals surface area contributed by atoms with Gasteiger partial charge in [0.15, 0.2) is 5.69 Å². The molecule has 2 aliphatic rings. The molecule has 8 nitrogen and oxygen atoms in total. The first-order chi connectivity index (χ1) is 14.9. The zero-order valence-electron chi connectivity index (χ0n) is 18.2. The number of fused-ring (bicyclic) bond motifs is 1. The van der Waals surface area contributed by atoms with Crippen molar-refractivity contribution in [1.29, 1.82) is 0 Å². The Bertz CT molecular complexity index is 1010. The highest BCUT2D eigenvalue weighted by atomic mass is 16.5. The van der Waals surface area contributed by atoms with Crippen LogP contribution in [0.15, 0.2) is 30.6 Å². The summed E-state index contributed by atoms with van der Waals surface area (Å²) in [5, 5.41) is 3.15. The van der Waals surface area contributed by atoms with Crippen molar-refractivity contribution in [3.05, 3.63) is 47.5 Å². The highest BCUT2D eigenvalue weighted by Gasteiger charge is 2.50. The van der Waals surface area contributed by atoms with Crippen molar-refractivity contribution in [1.82, 2.24) is 14.9 Å². The Morgan fingerprint density at radius 2 is 1.90 bits per heavy atom. The van der Waals surface area contributed by atoms with E-state index in [1.807, 2.05) is 24.3 Å². The third-order valence-electron chi connectivity index (χ3n) is 6.38. The first-order valence-electron chi connectivity index (χ1n) is 10.8. The second-order valence-corrected chi connectivity index (χ2v) is 8.45. The number of amides is 2. The molecule has 0 radical (unpaired) electrons. The van der Waals surface area contributed by atoms with Gasteiger partial charge >= 0.3 is 5.97 Å². The predicted molar refractivity (Wildman–Crippen MR) is 115 cm³/mol. The molecule has 1 unspecified atom stereocenters. The monoisotopic (exact) mass is 424 g/mol. The molecule has 8 heteroatoms. The standard InChI is InChI=1S/C23H28N4O4/c1-4-15-9-11-17(12-10-15)27-20(28)19-18(21(29)31-3)24-14-26(19)13-23(27,2)22(30)25-16-7-5-6-8-16/h9-12,14,16H,4-8,13H2,1-3H3,(H,25,30). The Hall–Kier alpha value is -3.16. The molecule has 2 heterocycles. The Morgan fingerprint density at radius 3 is 2.52 bits per heavy atom. The van der Waals surface area contributed by atoms with Gasteiger partial charge < -0.3 is 14.6 Å². The number of anilines is 1. The average Bonchev–Trinajstić information content (AvgIpc) is 3.43. The fraction of sp³-hybridized carbons (Fsp3) is 0.478. The molecule has 0 saturated heterocycles. The molecule has 0 bridgehead atoms. The van der Waals surface area contributed by atoms with E-state index in [1.54, 1.807) is 11.5 Å². The minimum atomic E-state index is -1.17. The van der Waals surface area contributed by atoms with Gasteiger partial charge in [0.25, 0.3) is 5.91 Å². The van der Waals surface area contributed by atoms with Crippen LogP contribution >= 0.6 is 0 Å². The molecule has 2 amide bonds. The summed E-state index contributed by atoms with van der Waals surface area (Å²) in [6.45, 7) is 4.01. The van der Waals surface area contributed by atoms with Crippen LogP contribution in [0.1, 0.15) is 66.1 Å². The lowest BCUT2D eigenvalue weighted by atomic mass is 9.92. The summed E-state index contributed by atoms with van der Waals surface area (Å²) < 4.78 is 6.39. The number of benzene rings is 1. The van der Waals surface area contributed by atoms with Crippen molar-refractivity contribution in [3.63, 3.8) is 0 Å². The molecule has 31 heavy (non-hydrogen) atoms. The second-order valence-electron chi connectivity index (χ2n) is 8.45. The van der Waals surface area contributed by atoms with E-state index in [4.69, 9.17) is 4.74 Å². The number of rotatable bonds is 5. The van der Waals surface area contributed by atoms with Gasteiger partial charge in [0.1, 0.15) is 11.2 Å². The topological polar surface area (TPSA) is 93.5 Å². The van der Waals surface area contributed by atoms with Crippen LogP contribution in [0.5, 0.6) is 0 Å². The fourth-order valence-electron chi connectivity index (χ4n) is 4.57. The van der Waals surface area contributed by atoms with Crippen molar-refractivity contribution < 1.29 is 19.1 Å². The van der Waals surface area contributed by atoms with E-state index in [-0.39, 0.29) is 29.9 Å². The van der Waals surface area contributed by atoms with Crippen molar-refractivity contribution in [2.45, 2.75) is 64.1 Å². The fourth-order valence-corrected chi connectivity index (χ4v) is 4.57. The van der Waals surface area contributed by atoms with E-state index >= 15 is 0 Å². The Morgan fingerprint density at radius 1 is 1.23 bits per heavy atom. The summed E-state index contributed by atoms with van der Waals surface area (Å²) in [6.07, 6.45) is 6.38. The summed E-state index contributed by atoms with van der Waals surface area (Å²) in [5.41, 5.74) is 0.660. The molecule has 1 aromatic heterocycles. The van der Waals surface area contributed by atoms with E-state index in [1.165, 1.54) is 18.3 Å². The van der Waals surface area contributed by atoms with Crippen molar-refractivity contribution in [3.8, 4) is 0 Å². The number of nitrogens with zero attached hydrogens (tertiary/aromatic N) is 3. The van der Waals surface area contributed by atoms with Gasteiger partial charge in [0, 0.05) is 11.7 Å². The zero-order valence-corrected chi connectivity index (χ0v) is 18.2. The third-order valence-corrected chi connectivity index (χ3v) is 6.38. The van der Waals surface area contributed by atoms with Crippen LogP contribution in [-0.2, 0) is 22.5 Å². The second kappa shape index (κ2) is 8.17. The molecule has 1 N–H and O–H groups in total. The number of methoxy groups -OCH3 is 1. The number of imidazole rings is 1. The van der Waals surface area contributed by atoms with Gasteiger partial charge in [-0.1, -0.05) is 31.9 Å². The molecule has 1 fully saturated rings. The van der Waals surface area contributed by atoms with E-state index in [0.717, 1.165) is 37.7 Å². The van der Waals surface area contributed by atoms with Gasteiger partial charge in [0.05, 0.1) is 20.0 Å². The maximum Gasteiger partial charge on any atom is 0.359 e. The first kappa shape index (κ1) is 21.1. The SMILES string of the molecule is CCc1ccc(N2C(=O)c3c(C(=O)OC)ncn3CC2(C)C(=O)NC2CCCC2)cc1. The van der Waals surface area contributed by atoms with Crippen molar-refractivity contribution >= 4 is 23.5 Å². The number of aromatic nitrogens is 2. The van der Waals surface area contributed by atoms with Gasteiger partial charge in [-0.25, -0.2) is 9.78 Å². The Labute approximate surface area is 181 Å². The lowest BCUT2D eigenvalue weighted by molar-refractivity contribution is -0.127. The summed E-state index contributed by atoms with van der Waals surface area (Å²) in [7, 11) is 1.25. The average molecular weight is 425 g/mol. The summed E-state index contributed by atoms with van der Waals surface area (Å²) in [4.78, 5) is 45.0. The molecule has 0 spiro atoms. The number of ether oxygens (including phenoxy) is 1. The van der Waals surface area contributed by atoms with E-state index in [2.05, 4.69) is 17.2 Å². The first-order valence-corrected chi connectivity index (χ1v) is 10.8. The lowest BCUT2D eigenvalue weighted by Crippen LogP contribution is -2.65. The van der Waals surface area contributed by atoms with Gasteiger partial charge in [-0.15, -0.1) is 0 Å². The van der Waals surface area contributed by atoms with Crippen LogP contribution in [0.2, 0.25) is 0 Å². The van der Waals surface area contributed by atoms with Crippen LogP contribution < -0.4 is 10.2 Å². The van der Waals surface area contributed by atoms with Crippen LogP contribution in [0.25, 0.3) is 0 Å². The molecule has 1 atom stereocenters. The zero-order chi connectivity index (χ0) is 22.2. The highest BCUT2D eigenvalue weighted by molar-refractivity contribution is 6.15. The number of hydrogen-bond acceptors (Lipinski definition) is 5. The van der Waals surface area contributed by atoms with Crippen LogP contribution in [0, 0.1) is 0 Å². The van der Waals surface area contributed by atoms with E-state index in [9.17, 15) is 14.4 Å². The third kappa shape index (κ3) is 3.60. The number of carbonyl (C=O) groups is 3. The Balaban J connectivity index is 1.79. The lowest BCUT2D eigenvalue weighted by Gasteiger charge is -2.44. The molecule has 4 rings (SSSR count). The van der Waals surface area contributed by atoms with Gasteiger partial charge in [-0.3, -0.25) is 14.5 Å². The molecule has 1 aliphatic heterocycles. The molecular weight excluding hydrogens is 396 g/mol. The Kier molecular flexibility index (Phi) is 5.56. The normalized spacial score (nSPS) is 21.1. The van der Waals surface area contributed by atoms with Crippen LogP contribution in [-0.4, -0.2) is 46.0 Å². The molecule has 1 aromatic carbocycles. The van der Waals surface area contributed by atoms with Gasteiger partial charge in [-0.05, 0) is 43.9 Å². The number of hydrogen-bond donors (Lipinski definition) is 1. The minimum Gasteiger partial charge on any atom is -0.464 e. The van der Waals surface area contributed by atoms with Crippen molar-refractivity contribution in [2.24, 2.45) is 0 Å². The number of esters is 1. The van der Waals surface area contributed by atoms with Crippen LogP contribution in [0.4, 0.5) is 5.69 Å². The largest absolute Gasteiger partial charge is 0.464 e. The molecule has 2 aromatic rings. The smallest absolute Gasteiger partial charge is 0.359 e. The molecule has 1 saturated carbocycles. The summed E-state index contributed by atoms with van der Waals surface area (Å²) in [5.74, 6) is -1.33. The minimum absolute atomic E-state index is 0.0408. The van der Waals surface area contributed by atoms with Crippen LogP contribution in [0.3, 0.4) is 0 Å². The maximum atomic E-state index is 13.7. The van der Waals surface area contributed by atoms with E-state index < -0.39 is 17.4 Å². The predicted octanol–water partition coefficient (Wildman–Crippen LogP) is 2.71. The van der Waals surface area contributed by atoms with Crippen molar-refractivity contribution in [2.75, 3.05) is 12.0 Å². The van der Waals surface area contributed by atoms with E-state index in [0.29, 0.717) is 5.69 Å². The summed E-state index contributed by atoms with van der Waals surface area (Å²) in [6, 6.07) is 7.72. The summed E-state index contributed by atoms with van der Waals surface area (Å²) >= 11 is 0. The molecule has 1 aliphatic carbocycles. The number of nitrogens with one attached hydrogen (secondary N) is 1. The van der Waals surface area contributed by atoms with Gasteiger partial charge in [0.2, 0.25) is 5.91 Å². The molecular formula is C23H28N4O4. The highest BCUT2D eigenvalue weighted by Crippen LogP contribution is 2.34. The maximum absolute atomic E-state index is 13.7. The molecule has 164 valence electrons. The number of aryl methyl sites for hydroxylation is 1.